The van der Waals surface area contributed by atoms with E-state index in [9.17, 15) is 26.4 Å². The standard InChI is InChI=1S/C20H26N4O4S.C2HF3O2/c1-24(13-9-16-4-6-17(7-5-16)20-22-11-12-23-20)18(25)8-10-21-15-29(26,27)19-3-2-14-28-19;3-2(4,5)1(6)7/h2-7,14,21H,8-13,15H2,1H3,(H,22,23);(H,6,7). The molecule has 3 rings (SSSR count). The third-order valence-corrected chi connectivity index (χ3v) is 6.34. The van der Waals surface area contributed by atoms with E-state index in [0.717, 1.165) is 36.5 Å². The van der Waals surface area contributed by atoms with E-state index in [1.54, 1.807) is 11.9 Å². The molecule has 0 radical (unpaired) electrons. The molecule has 10 nitrogen and oxygen atoms in total. The smallest absolute Gasteiger partial charge is 0.475 e. The van der Waals surface area contributed by atoms with Gasteiger partial charge in [0, 0.05) is 38.7 Å². The Balaban J connectivity index is 0.000000572. The Morgan fingerprint density at radius 3 is 2.42 bits per heavy atom. The second kappa shape index (κ2) is 13.1. The molecule has 0 atom stereocenters. The average molecular weight is 533 g/mol. The minimum absolute atomic E-state index is 0.0333. The molecule has 0 bridgehead atoms. The van der Waals surface area contributed by atoms with Gasteiger partial charge < -0.3 is 25.1 Å². The molecule has 0 spiro atoms. The predicted octanol–water partition coefficient (Wildman–Crippen LogP) is 1.67. The van der Waals surface area contributed by atoms with Crippen LogP contribution in [0.4, 0.5) is 13.2 Å². The molecular formula is C22H27F3N4O6S. The summed E-state index contributed by atoms with van der Waals surface area (Å²) in [5, 5.41) is 13.1. The number of sulfone groups is 1. The number of amides is 1. The molecule has 0 aliphatic carbocycles. The Bertz CT molecular complexity index is 1130. The molecule has 1 aliphatic heterocycles. The maximum atomic E-state index is 12.2. The molecule has 3 N–H and O–H groups in total. The van der Waals surface area contributed by atoms with Crippen LogP contribution in [-0.4, -0.2) is 81.4 Å². The van der Waals surface area contributed by atoms with Gasteiger partial charge in [0.05, 0.1) is 12.8 Å². The average Bonchev–Trinajstić information content (AvgIpc) is 3.55. The summed E-state index contributed by atoms with van der Waals surface area (Å²) < 4.78 is 60.6. The van der Waals surface area contributed by atoms with Crippen molar-refractivity contribution in [2.45, 2.75) is 24.1 Å². The van der Waals surface area contributed by atoms with Crippen LogP contribution in [0.5, 0.6) is 0 Å². The summed E-state index contributed by atoms with van der Waals surface area (Å²) in [5.74, 6) is -2.11. The first kappa shape index (κ1) is 28.8. The first-order valence-electron chi connectivity index (χ1n) is 10.8. The van der Waals surface area contributed by atoms with E-state index in [0.29, 0.717) is 6.54 Å². The van der Waals surface area contributed by atoms with Gasteiger partial charge in [-0.25, -0.2) is 13.2 Å². The van der Waals surface area contributed by atoms with E-state index in [2.05, 4.69) is 27.8 Å². The molecule has 2 aromatic rings. The van der Waals surface area contributed by atoms with Crippen molar-refractivity contribution in [3.8, 4) is 0 Å². The van der Waals surface area contributed by atoms with E-state index in [-0.39, 0.29) is 29.8 Å². The highest BCUT2D eigenvalue weighted by Crippen LogP contribution is 2.13. The molecule has 0 saturated heterocycles. The van der Waals surface area contributed by atoms with Gasteiger partial charge in [-0.3, -0.25) is 9.79 Å². The van der Waals surface area contributed by atoms with E-state index in [1.165, 1.54) is 18.4 Å². The first-order valence-corrected chi connectivity index (χ1v) is 12.4. The van der Waals surface area contributed by atoms with Crippen LogP contribution in [0.15, 0.2) is 57.2 Å². The number of likely N-dealkylation sites (N-methyl/N-ethyl adjacent to an activating group) is 1. The van der Waals surface area contributed by atoms with Gasteiger partial charge >= 0.3 is 12.1 Å². The van der Waals surface area contributed by atoms with E-state index in [1.807, 2.05) is 12.1 Å². The minimum Gasteiger partial charge on any atom is -0.475 e. The third-order valence-electron chi connectivity index (χ3n) is 4.92. The number of carbonyl (C=O) groups excluding carboxylic acids is 1. The lowest BCUT2D eigenvalue weighted by Crippen LogP contribution is -2.32. The molecule has 14 heteroatoms. The van der Waals surface area contributed by atoms with E-state index >= 15 is 0 Å². The SMILES string of the molecule is CN(CCc1ccc(C2=NCCN2)cc1)C(=O)CCNCS(=O)(=O)c1ccco1.O=C(O)C(F)(F)F. The zero-order chi connectivity index (χ0) is 26.8. The van der Waals surface area contributed by atoms with Crippen LogP contribution < -0.4 is 10.6 Å². The Hall–Kier alpha value is -3.39. The minimum atomic E-state index is -5.08. The zero-order valence-electron chi connectivity index (χ0n) is 19.4. The normalized spacial score (nSPS) is 13.3. The first-order chi connectivity index (χ1) is 16.9. The van der Waals surface area contributed by atoms with Crippen molar-refractivity contribution in [3.05, 3.63) is 53.8 Å². The maximum absolute atomic E-state index is 12.2. The molecule has 2 heterocycles. The highest BCUT2D eigenvalue weighted by molar-refractivity contribution is 7.91. The summed E-state index contributed by atoms with van der Waals surface area (Å²) in [6, 6.07) is 11.1. The molecule has 198 valence electrons. The number of carboxylic acid groups (broad SMARTS) is 1. The van der Waals surface area contributed by atoms with E-state index in [4.69, 9.17) is 14.3 Å². The van der Waals surface area contributed by atoms with Crippen molar-refractivity contribution in [2.24, 2.45) is 4.99 Å². The summed E-state index contributed by atoms with van der Waals surface area (Å²) in [7, 11) is -1.75. The number of nitrogens with zero attached hydrogens (tertiary/aromatic N) is 2. The Morgan fingerprint density at radius 1 is 1.22 bits per heavy atom. The van der Waals surface area contributed by atoms with Crippen LogP contribution in [-0.2, 0) is 25.8 Å². The number of hydrogen-bond acceptors (Lipinski definition) is 8. The number of carboxylic acids is 1. The highest BCUT2D eigenvalue weighted by atomic mass is 32.2. The molecule has 1 aliphatic rings. The number of halogens is 3. The molecule has 36 heavy (non-hydrogen) atoms. The number of carbonyl (C=O) groups is 2. The van der Waals surface area contributed by atoms with Crippen LogP contribution in [0.3, 0.4) is 0 Å². The van der Waals surface area contributed by atoms with Gasteiger partial charge in [0.1, 0.15) is 11.7 Å². The second-order valence-electron chi connectivity index (χ2n) is 7.66. The lowest BCUT2D eigenvalue weighted by atomic mass is 10.1. The zero-order valence-corrected chi connectivity index (χ0v) is 20.2. The van der Waals surface area contributed by atoms with Crippen LogP contribution in [0.2, 0.25) is 0 Å². The summed E-state index contributed by atoms with van der Waals surface area (Å²) in [4.78, 5) is 27.2. The summed E-state index contributed by atoms with van der Waals surface area (Å²) in [5.41, 5.74) is 2.22. The second-order valence-corrected chi connectivity index (χ2v) is 9.58. The Morgan fingerprint density at radius 2 is 1.89 bits per heavy atom. The number of rotatable bonds is 10. The fraction of sp³-hybridized carbons (Fsp3) is 0.409. The van der Waals surface area contributed by atoms with Crippen molar-refractivity contribution in [3.63, 3.8) is 0 Å². The predicted molar refractivity (Wildman–Crippen MR) is 124 cm³/mol. The largest absolute Gasteiger partial charge is 0.490 e. The number of aliphatic carboxylic acids is 1. The number of amidine groups is 1. The van der Waals surface area contributed by atoms with Crippen molar-refractivity contribution in [1.29, 1.82) is 0 Å². The number of alkyl halides is 3. The fourth-order valence-corrected chi connectivity index (χ4v) is 3.99. The van der Waals surface area contributed by atoms with Gasteiger partial charge in [-0.15, -0.1) is 0 Å². The summed E-state index contributed by atoms with van der Waals surface area (Å²) in [6.07, 6.45) is -2.78. The van der Waals surface area contributed by atoms with Gasteiger partial charge in [-0.05, 0) is 24.1 Å². The lowest BCUT2D eigenvalue weighted by molar-refractivity contribution is -0.192. The molecule has 1 amide bonds. The molecule has 0 saturated carbocycles. The van der Waals surface area contributed by atoms with Gasteiger partial charge in [-0.1, -0.05) is 24.3 Å². The molecular weight excluding hydrogens is 505 g/mol. The van der Waals surface area contributed by atoms with Crippen molar-refractivity contribution < 1.29 is 40.7 Å². The van der Waals surface area contributed by atoms with Crippen LogP contribution in [0.1, 0.15) is 17.5 Å². The van der Waals surface area contributed by atoms with Crippen LogP contribution in [0, 0.1) is 0 Å². The molecule has 1 aromatic carbocycles. The summed E-state index contributed by atoms with van der Waals surface area (Å²) >= 11 is 0. The number of hydrogen-bond donors (Lipinski definition) is 3. The fourth-order valence-electron chi connectivity index (χ4n) is 2.95. The molecule has 0 unspecified atom stereocenters. The van der Waals surface area contributed by atoms with Crippen molar-refractivity contribution >= 4 is 27.5 Å². The van der Waals surface area contributed by atoms with Gasteiger partial charge in [0.15, 0.2) is 0 Å². The third kappa shape index (κ3) is 9.34. The Kier molecular flexibility index (Phi) is 10.5. The van der Waals surface area contributed by atoms with Gasteiger partial charge in [0.2, 0.25) is 20.8 Å². The Labute approximate surface area is 206 Å². The van der Waals surface area contributed by atoms with Crippen molar-refractivity contribution in [2.75, 3.05) is 39.1 Å². The van der Waals surface area contributed by atoms with Crippen molar-refractivity contribution in [1.82, 2.24) is 15.5 Å². The number of furan rings is 1. The lowest BCUT2D eigenvalue weighted by Gasteiger charge is -2.17. The summed E-state index contributed by atoms with van der Waals surface area (Å²) in [6.45, 7) is 2.58. The van der Waals surface area contributed by atoms with E-state index < -0.39 is 22.0 Å². The number of nitrogens with one attached hydrogen (secondary N) is 2. The van der Waals surface area contributed by atoms with Gasteiger partial charge in [-0.2, -0.15) is 13.2 Å². The highest BCUT2D eigenvalue weighted by Gasteiger charge is 2.38. The maximum Gasteiger partial charge on any atom is 0.490 e. The van der Waals surface area contributed by atoms with Crippen LogP contribution in [0.25, 0.3) is 0 Å². The van der Waals surface area contributed by atoms with Gasteiger partial charge in [0.25, 0.3) is 0 Å². The number of benzene rings is 1. The number of aliphatic imine (C=N–C) groups is 1. The molecule has 1 aromatic heterocycles. The quantitative estimate of drug-likeness (QED) is 0.393. The monoisotopic (exact) mass is 532 g/mol. The topological polar surface area (TPSA) is 141 Å². The van der Waals surface area contributed by atoms with Crippen LogP contribution >= 0.6 is 0 Å². The molecule has 0 fully saturated rings.